The summed E-state index contributed by atoms with van der Waals surface area (Å²) in [7, 11) is 0. The van der Waals surface area contributed by atoms with Gasteiger partial charge in [0.1, 0.15) is 0 Å². The van der Waals surface area contributed by atoms with Gasteiger partial charge in [-0.05, 0) is 49.5 Å². The van der Waals surface area contributed by atoms with Gasteiger partial charge in [0.05, 0.1) is 0 Å². The summed E-state index contributed by atoms with van der Waals surface area (Å²) in [4.78, 5) is 2.36. The largest absolute Gasteiger partial charge is 0.346 e. The molecule has 1 aliphatic carbocycles. The molecule has 0 bridgehead atoms. The first kappa shape index (κ1) is 13.3. The van der Waals surface area contributed by atoms with Gasteiger partial charge >= 0.3 is 0 Å². The minimum atomic E-state index is 0.674. The second kappa shape index (κ2) is 6.19. The van der Waals surface area contributed by atoms with Crippen LogP contribution in [0.5, 0.6) is 0 Å². The highest BCUT2D eigenvalue weighted by molar-refractivity contribution is 7.80. The average Bonchev–Trinajstić information content (AvgIpc) is 3.14. The Bertz CT molecular complexity index is 385. The van der Waals surface area contributed by atoms with E-state index in [4.69, 9.17) is 12.2 Å². The Morgan fingerprint density at radius 2 is 2.00 bits per heavy atom. The Morgan fingerprint density at radius 1 is 1.33 bits per heavy atom. The molecule has 0 spiro atoms. The summed E-state index contributed by atoms with van der Waals surface area (Å²) in [6, 6.07) is 10.9. The molecule has 0 radical (unpaired) electrons. The van der Waals surface area contributed by atoms with Gasteiger partial charge in [0.15, 0.2) is 5.11 Å². The van der Waals surface area contributed by atoms with Crippen LogP contribution in [0.2, 0.25) is 0 Å². The molecule has 2 nitrogen and oxygen atoms in total. The van der Waals surface area contributed by atoms with Crippen molar-refractivity contribution in [2.24, 2.45) is 5.92 Å². The van der Waals surface area contributed by atoms with Gasteiger partial charge in [0.25, 0.3) is 0 Å². The lowest BCUT2D eigenvalue weighted by Gasteiger charge is -2.26. The zero-order valence-corrected chi connectivity index (χ0v) is 12.0. The molecule has 0 saturated heterocycles. The second-order valence-electron chi connectivity index (χ2n) is 5.40. The van der Waals surface area contributed by atoms with Crippen molar-refractivity contribution in [3.8, 4) is 0 Å². The van der Waals surface area contributed by atoms with Crippen molar-refractivity contribution in [1.29, 1.82) is 0 Å². The van der Waals surface area contributed by atoms with E-state index in [0.717, 1.165) is 23.3 Å². The van der Waals surface area contributed by atoms with Gasteiger partial charge in [-0.1, -0.05) is 32.0 Å². The van der Waals surface area contributed by atoms with Gasteiger partial charge in [0.2, 0.25) is 0 Å². The molecule has 3 heteroatoms. The Hall–Kier alpha value is -1.09. The molecular formula is C15H22N2S. The highest BCUT2D eigenvalue weighted by Gasteiger charge is 2.30. The van der Waals surface area contributed by atoms with Crippen LogP contribution in [0.3, 0.4) is 0 Å². The zero-order chi connectivity index (χ0) is 13.0. The lowest BCUT2D eigenvalue weighted by molar-refractivity contribution is 0.377. The van der Waals surface area contributed by atoms with Crippen molar-refractivity contribution in [3.63, 3.8) is 0 Å². The van der Waals surface area contributed by atoms with Gasteiger partial charge in [-0.15, -0.1) is 0 Å². The van der Waals surface area contributed by atoms with Gasteiger partial charge in [-0.25, -0.2) is 0 Å². The predicted molar refractivity (Wildman–Crippen MR) is 81.8 cm³/mol. The molecule has 0 heterocycles. The Morgan fingerprint density at radius 3 is 2.56 bits per heavy atom. The van der Waals surface area contributed by atoms with E-state index in [-0.39, 0.29) is 0 Å². The minimum absolute atomic E-state index is 0.674. The monoisotopic (exact) mass is 262 g/mol. The van der Waals surface area contributed by atoms with Crippen molar-refractivity contribution >= 4 is 23.0 Å². The molecule has 1 aromatic rings. The lowest BCUT2D eigenvalue weighted by atomic mass is 10.1. The number of rotatable bonds is 5. The number of anilines is 1. The lowest BCUT2D eigenvalue weighted by Crippen LogP contribution is -2.37. The molecular weight excluding hydrogens is 240 g/mol. The van der Waals surface area contributed by atoms with Gasteiger partial charge in [-0.2, -0.15) is 0 Å². The predicted octanol–water partition coefficient (Wildman–Crippen LogP) is 3.89. The Labute approximate surface area is 115 Å². The van der Waals surface area contributed by atoms with Crippen LogP contribution in [0.1, 0.15) is 33.1 Å². The maximum atomic E-state index is 5.54. The van der Waals surface area contributed by atoms with Gasteiger partial charge in [-0.3, -0.25) is 0 Å². The van der Waals surface area contributed by atoms with Crippen LogP contribution >= 0.6 is 12.2 Å². The molecule has 18 heavy (non-hydrogen) atoms. The van der Waals surface area contributed by atoms with Crippen LogP contribution in [0.4, 0.5) is 5.69 Å². The molecule has 0 amide bonds. The minimum Gasteiger partial charge on any atom is -0.346 e. The molecule has 98 valence electrons. The second-order valence-corrected chi connectivity index (χ2v) is 5.79. The fraction of sp³-hybridized carbons (Fsp3) is 0.533. The van der Waals surface area contributed by atoms with E-state index < -0.39 is 0 Å². The van der Waals surface area contributed by atoms with E-state index in [9.17, 15) is 0 Å². The van der Waals surface area contributed by atoms with Crippen LogP contribution in [0.25, 0.3) is 0 Å². The van der Waals surface area contributed by atoms with Crippen LogP contribution in [0, 0.1) is 5.92 Å². The Kier molecular flexibility index (Phi) is 4.59. The number of nitrogens with zero attached hydrogens (tertiary/aromatic N) is 1. The maximum Gasteiger partial charge on any atom is 0.173 e. The molecule has 0 aromatic heterocycles. The molecule has 0 atom stereocenters. The van der Waals surface area contributed by atoms with Crippen molar-refractivity contribution in [2.45, 2.75) is 39.2 Å². The topological polar surface area (TPSA) is 15.3 Å². The van der Waals surface area contributed by atoms with Crippen LogP contribution in [-0.2, 0) is 0 Å². The van der Waals surface area contributed by atoms with E-state index >= 15 is 0 Å². The summed E-state index contributed by atoms with van der Waals surface area (Å²) in [5, 5.41) is 4.22. The Balaban J connectivity index is 1.91. The summed E-state index contributed by atoms with van der Waals surface area (Å²) in [5.41, 5.74) is 1.08. The molecule has 1 aliphatic rings. The summed E-state index contributed by atoms with van der Waals surface area (Å²) in [6.07, 6.45) is 3.77. The summed E-state index contributed by atoms with van der Waals surface area (Å²) in [6.45, 7) is 5.60. The van der Waals surface area contributed by atoms with Crippen molar-refractivity contribution in [3.05, 3.63) is 30.3 Å². The summed E-state index contributed by atoms with van der Waals surface area (Å²) in [5.74, 6) is 0.728. The van der Waals surface area contributed by atoms with Crippen molar-refractivity contribution in [1.82, 2.24) is 4.90 Å². The third-order valence-corrected chi connectivity index (χ3v) is 3.56. The molecule has 1 fully saturated rings. The van der Waals surface area contributed by atoms with Crippen LogP contribution < -0.4 is 5.32 Å². The summed E-state index contributed by atoms with van der Waals surface area (Å²) < 4.78 is 0. The zero-order valence-electron chi connectivity index (χ0n) is 11.2. The van der Waals surface area contributed by atoms with E-state index in [1.54, 1.807) is 0 Å². The SMILES string of the molecule is CC(C)CCN(C(=S)Nc1ccccc1)C1CC1. The number of hydrogen-bond acceptors (Lipinski definition) is 1. The highest BCUT2D eigenvalue weighted by atomic mass is 32.1. The van der Waals surface area contributed by atoms with E-state index in [1.165, 1.54) is 19.3 Å². The third kappa shape index (κ3) is 3.98. The standard InChI is InChI=1S/C15H22N2S/c1-12(2)10-11-17(14-8-9-14)15(18)16-13-6-4-3-5-7-13/h3-7,12,14H,8-11H2,1-2H3,(H,16,18). The number of benzene rings is 1. The maximum absolute atomic E-state index is 5.54. The highest BCUT2D eigenvalue weighted by Crippen LogP contribution is 2.28. The molecule has 0 unspecified atom stereocenters. The molecule has 1 saturated carbocycles. The smallest absolute Gasteiger partial charge is 0.173 e. The third-order valence-electron chi connectivity index (χ3n) is 3.22. The molecule has 1 aromatic carbocycles. The number of para-hydroxylation sites is 1. The first-order valence-electron chi connectivity index (χ1n) is 6.79. The quantitative estimate of drug-likeness (QED) is 0.810. The van der Waals surface area contributed by atoms with Crippen molar-refractivity contribution in [2.75, 3.05) is 11.9 Å². The average molecular weight is 262 g/mol. The van der Waals surface area contributed by atoms with Crippen LogP contribution in [-0.4, -0.2) is 22.6 Å². The number of thiocarbonyl (C=S) groups is 1. The number of nitrogens with one attached hydrogen (secondary N) is 1. The van der Waals surface area contributed by atoms with Gasteiger partial charge < -0.3 is 10.2 Å². The van der Waals surface area contributed by atoms with Gasteiger partial charge in [0, 0.05) is 18.3 Å². The number of hydrogen-bond donors (Lipinski definition) is 1. The van der Waals surface area contributed by atoms with Crippen molar-refractivity contribution < 1.29 is 0 Å². The van der Waals surface area contributed by atoms with Crippen LogP contribution in [0.15, 0.2) is 30.3 Å². The normalized spacial score (nSPS) is 14.6. The molecule has 0 aliphatic heterocycles. The fourth-order valence-corrected chi connectivity index (χ4v) is 2.31. The van der Waals surface area contributed by atoms with E-state index in [2.05, 4.69) is 36.2 Å². The summed E-state index contributed by atoms with van der Waals surface area (Å²) >= 11 is 5.54. The molecule has 2 rings (SSSR count). The first-order valence-corrected chi connectivity index (χ1v) is 7.20. The first-order chi connectivity index (χ1) is 8.66. The fourth-order valence-electron chi connectivity index (χ4n) is 1.95. The molecule has 1 N–H and O–H groups in total. The van der Waals surface area contributed by atoms with E-state index in [1.807, 2.05) is 18.2 Å². The van der Waals surface area contributed by atoms with E-state index in [0.29, 0.717) is 6.04 Å².